The fraction of sp³-hybridized carbons (Fsp3) is 0.412. The molecular formula is C17H21BrN2O. The SMILES string of the molecule is CCCCCc1c(C)nn(C(=O)c2cccc(Br)c2)c1C. The molecule has 4 heteroatoms. The predicted octanol–water partition coefficient (Wildman–Crippen LogP) is 4.68. The van der Waals surface area contributed by atoms with Gasteiger partial charge >= 0.3 is 0 Å². The third kappa shape index (κ3) is 3.62. The van der Waals surface area contributed by atoms with Gasteiger partial charge in [-0.2, -0.15) is 5.10 Å². The Morgan fingerprint density at radius 2 is 2.05 bits per heavy atom. The molecule has 0 saturated heterocycles. The number of nitrogens with zero attached hydrogens (tertiary/aromatic N) is 2. The Hall–Kier alpha value is -1.42. The maximum Gasteiger partial charge on any atom is 0.278 e. The summed E-state index contributed by atoms with van der Waals surface area (Å²) in [5.41, 5.74) is 3.79. The smallest absolute Gasteiger partial charge is 0.267 e. The summed E-state index contributed by atoms with van der Waals surface area (Å²) in [5.74, 6) is -0.0707. The molecule has 21 heavy (non-hydrogen) atoms. The van der Waals surface area contributed by atoms with Gasteiger partial charge < -0.3 is 0 Å². The maximum absolute atomic E-state index is 12.6. The lowest BCUT2D eigenvalue weighted by atomic mass is 10.1. The second-order valence-electron chi connectivity index (χ2n) is 5.33. The molecular weight excluding hydrogens is 328 g/mol. The van der Waals surface area contributed by atoms with Crippen molar-refractivity contribution in [3.63, 3.8) is 0 Å². The highest BCUT2D eigenvalue weighted by molar-refractivity contribution is 9.10. The van der Waals surface area contributed by atoms with E-state index in [-0.39, 0.29) is 5.91 Å². The highest BCUT2D eigenvalue weighted by atomic mass is 79.9. The number of carbonyl (C=O) groups is 1. The fourth-order valence-electron chi connectivity index (χ4n) is 2.53. The van der Waals surface area contributed by atoms with Crippen LogP contribution in [0.2, 0.25) is 0 Å². The zero-order valence-corrected chi connectivity index (χ0v) is 14.4. The molecule has 0 atom stereocenters. The number of aromatic nitrogens is 2. The highest BCUT2D eigenvalue weighted by Gasteiger charge is 2.17. The third-order valence-electron chi connectivity index (χ3n) is 3.74. The molecule has 0 unspecified atom stereocenters. The summed E-state index contributed by atoms with van der Waals surface area (Å²) in [6, 6.07) is 7.43. The van der Waals surface area contributed by atoms with Crippen LogP contribution >= 0.6 is 15.9 Å². The Bertz CT molecular complexity index is 646. The number of unbranched alkanes of at least 4 members (excludes halogenated alkanes) is 2. The van der Waals surface area contributed by atoms with Gasteiger partial charge in [0.05, 0.1) is 5.69 Å². The van der Waals surface area contributed by atoms with Crippen LogP contribution in [0.1, 0.15) is 53.5 Å². The van der Waals surface area contributed by atoms with Gasteiger partial charge in [-0.25, -0.2) is 4.68 Å². The zero-order chi connectivity index (χ0) is 15.4. The summed E-state index contributed by atoms with van der Waals surface area (Å²) in [5, 5.41) is 4.45. The number of hydrogen-bond donors (Lipinski definition) is 0. The maximum atomic E-state index is 12.6. The van der Waals surface area contributed by atoms with E-state index in [1.165, 1.54) is 18.4 Å². The van der Waals surface area contributed by atoms with E-state index in [4.69, 9.17) is 0 Å². The van der Waals surface area contributed by atoms with Gasteiger partial charge in [0.25, 0.3) is 5.91 Å². The van der Waals surface area contributed by atoms with E-state index < -0.39 is 0 Å². The first-order valence-electron chi connectivity index (χ1n) is 7.40. The Labute approximate surface area is 134 Å². The minimum Gasteiger partial charge on any atom is -0.267 e. The van der Waals surface area contributed by atoms with Crippen molar-refractivity contribution in [1.82, 2.24) is 9.78 Å². The molecule has 0 fully saturated rings. The lowest BCUT2D eigenvalue weighted by Crippen LogP contribution is -2.15. The Morgan fingerprint density at radius 1 is 1.29 bits per heavy atom. The lowest BCUT2D eigenvalue weighted by Gasteiger charge is -2.05. The van der Waals surface area contributed by atoms with Crippen LogP contribution in [-0.4, -0.2) is 15.7 Å². The van der Waals surface area contributed by atoms with E-state index in [1.54, 1.807) is 4.68 Å². The molecule has 0 spiro atoms. The van der Waals surface area contributed by atoms with Crippen molar-refractivity contribution in [2.45, 2.75) is 46.5 Å². The van der Waals surface area contributed by atoms with Gasteiger partial charge in [-0.3, -0.25) is 4.79 Å². The molecule has 1 aromatic heterocycles. The quantitative estimate of drug-likeness (QED) is 0.735. The molecule has 0 amide bonds. The van der Waals surface area contributed by atoms with Crippen molar-refractivity contribution in [2.24, 2.45) is 0 Å². The van der Waals surface area contributed by atoms with E-state index in [1.807, 2.05) is 38.1 Å². The lowest BCUT2D eigenvalue weighted by molar-refractivity contribution is 0.0942. The van der Waals surface area contributed by atoms with Crippen LogP contribution in [0.4, 0.5) is 0 Å². The van der Waals surface area contributed by atoms with Gasteiger partial charge in [-0.1, -0.05) is 41.8 Å². The molecule has 0 aliphatic rings. The van der Waals surface area contributed by atoms with Gasteiger partial charge in [0.15, 0.2) is 0 Å². The molecule has 0 aliphatic carbocycles. The van der Waals surface area contributed by atoms with Crippen LogP contribution in [0, 0.1) is 13.8 Å². The summed E-state index contributed by atoms with van der Waals surface area (Å²) in [4.78, 5) is 12.6. The van der Waals surface area contributed by atoms with E-state index >= 15 is 0 Å². The van der Waals surface area contributed by atoms with Gasteiger partial charge in [0.1, 0.15) is 0 Å². The van der Waals surface area contributed by atoms with Gasteiger partial charge in [-0.05, 0) is 50.5 Å². The zero-order valence-electron chi connectivity index (χ0n) is 12.8. The van der Waals surface area contributed by atoms with E-state index in [0.29, 0.717) is 5.56 Å². The molecule has 3 nitrogen and oxygen atoms in total. The first-order valence-corrected chi connectivity index (χ1v) is 8.19. The van der Waals surface area contributed by atoms with Crippen LogP contribution < -0.4 is 0 Å². The predicted molar refractivity (Wildman–Crippen MR) is 88.8 cm³/mol. The summed E-state index contributed by atoms with van der Waals surface area (Å²) < 4.78 is 2.44. The number of rotatable bonds is 5. The van der Waals surface area contributed by atoms with Gasteiger partial charge in [0.2, 0.25) is 0 Å². The number of halogens is 1. The van der Waals surface area contributed by atoms with Crippen molar-refractivity contribution < 1.29 is 4.79 Å². The molecule has 0 aliphatic heterocycles. The molecule has 2 rings (SSSR count). The second-order valence-corrected chi connectivity index (χ2v) is 6.25. The van der Waals surface area contributed by atoms with Crippen LogP contribution in [-0.2, 0) is 6.42 Å². The van der Waals surface area contributed by atoms with Gasteiger partial charge in [-0.15, -0.1) is 0 Å². The van der Waals surface area contributed by atoms with E-state index in [0.717, 1.165) is 28.7 Å². The average Bonchev–Trinajstić information content (AvgIpc) is 2.74. The number of aryl methyl sites for hydroxylation is 1. The topological polar surface area (TPSA) is 34.9 Å². The molecule has 2 aromatic rings. The first-order chi connectivity index (χ1) is 10.0. The molecule has 1 aromatic carbocycles. The summed E-state index contributed by atoms with van der Waals surface area (Å²) in [6.45, 7) is 6.16. The van der Waals surface area contributed by atoms with Crippen molar-refractivity contribution in [1.29, 1.82) is 0 Å². The highest BCUT2D eigenvalue weighted by Crippen LogP contribution is 2.19. The number of carbonyl (C=O) groups excluding carboxylic acids is 1. The number of hydrogen-bond acceptors (Lipinski definition) is 2. The van der Waals surface area contributed by atoms with Crippen molar-refractivity contribution in [3.05, 3.63) is 51.3 Å². The summed E-state index contributed by atoms with van der Waals surface area (Å²) in [6.07, 6.45) is 4.55. The van der Waals surface area contributed by atoms with E-state index in [2.05, 4.69) is 28.0 Å². The van der Waals surface area contributed by atoms with E-state index in [9.17, 15) is 4.79 Å². The molecule has 0 bridgehead atoms. The van der Waals surface area contributed by atoms with Gasteiger partial charge in [0, 0.05) is 15.7 Å². The Kier molecular flexibility index (Phi) is 5.34. The number of benzene rings is 1. The molecule has 0 N–H and O–H groups in total. The average molecular weight is 349 g/mol. The monoisotopic (exact) mass is 348 g/mol. The van der Waals surface area contributed by atoms with Crippen LogP contribution in [0.25, 0.3) is 0 Å². The second kappa shape index (κ2) is 7.03. The summed E-state index contributed by atoms with van der Waals surface area (Å²) in [7, 11) is 0. The normalized spacial score (nSPS) is 10.9. The molecule has 1 heterocycles. The standard InChI is InChI=1S/C17H21BrN2O/c1-4-5-6-10-16-12(2)19-20(13(16)3)17(21)14-8-7-9-15(18)11-14/h7-9,11H,4-6,10H2,1-3H3. The summed E-state index contributed by atoms with van der Waals surface area (Å²) >= 11 is 3.40. The van der Waals surface area contributed by atoms with Crippen molar-refractivity contribution in [3.8, 4) is 0 Å². The fourth-order valence-corrected chi connectivity index (χ4v) is 2.93. The molecule has 112 valence electrons. The third-order valence-corrected chi connectivity index (χ3v) is 4.23. The van der Waals surface area contributed by atoms with Crippen LogP contribution in [0.5, 0.6) is 0 Å². The Morgan fingerprint density at radius 3 is 2.71 bits per heavy atom. The van der Waals surface area contributed by atoms with Crippen molar-refractivity contribution >= 4 is 21.8 Å². The largest absolute Gasteiger partial charge is 0.278 e. The van der Waals surface area contributed by atoms with Crippen LogP contribution in [0.3, 0.4) is 0 Å². The van der Waals surface area contributed by atoms with Crippen molar-refractivity contribution in [2.75, 3.05) is 0 Å². The Balaban J connectivity index is 2.28. The van der Waals surface area contributed by atoms with Crippen LogP contribution in [0.15, 0.2) is 28.7 Å². The minimum atomic E-state index is -0.0707. The first kappa shape index (κ1) is 16.0. The molecule has 0 radical (unpaired) electrons. The minimum absolute atomic E-state index is 0.0707. The molecule has 0 saturated carbocycles.